The number of hydrogen-bond donors (Lipinski definition) is 7. The van der Waals surface area contributed by atoms with E-state index in [0.717, 1.165) is 16.1 Å². The molecule has 9 N–H and O–H groups in total. The highest BCUT2D eigenvalue weighted by Crippen LogP contribution is 2.60. The second-order valence-electron chi connectivity index (χ2n) is 10.0. The van der Waals surface area contributed by atoms with E-state index in [1.165, 1.54) is 11.6 Å². The van der Waals surface area contributed by atoms with Crippen molar-refractivity contribution in [2.45, 2.75) is 55.5 Å². The molecule has 1 saturated heterocycles. The normalized spacial score (nSPS) is 23.8. The van der Waals surface area contributed by atoms with Crippen LogP contribution in [0.3, 0.4) is 0 Å². The van der Waals surface area contributed by atoms with Crippen LogP contribution in [0.4, 0.5) is 9.93 Å². The van der Waals surface area contributed by atoms with Gasteiger partial charge in [-0.2, -0.15) is 23.4 Å². The molecule has 232 valence electrons. The van der Waals surface area contributed by atoms with Gasteiger partial charge in [0, 0.05) is 31.2 Å². The van der Waals surface area contributed by atoms with Crippen molar-refractivity contribution in [3.63, 3.8) is 0 Å². The highest BCUT2D eigenvalue weighted by Gasteiger charge is 2.79. The minimum absolute atomic E-state index is 0.0241. The SMILES string of the molecule is NCCCNC(=O)NCc1cnn([C@@H]2CC23[C@H](NC(=O)/C(=N\OC2(C(=O)O)CC2)c2csc(N)n2)C(=O)N3S(=O)(=O)O)n1. The molecule has 22 heteroatoms. The van der Waals surface area contributed by atoms with Gasteiger partial charge in [0.2, 0.25) is 5.60 Å². The maximum atomic E-state index is 13.4. The fourth-order valence-electron chi connectivity index (χ4n) is 4.63. The zero-order valence-electron chi connectivity index (χ0n) is 22.2. The van der Waals surface area contributed by atoms with Gasteiger partial charge in [0.1, 0.15) is 29.0 Å². The number of oxime groups is 1. The first kappa shape index (κ1) is 30.1. The van der Waals surface area contributed by atoms with Gasteiger partial charge >= 0.3 is 22.3 Å². The monoisotopic (exact) mass is 641 g/mol. The number of nitrogens with one attached hydrogen (secondary N) is 3. The van der Waals surface area contributed by atoms with Gasteiger partial charge in [-0.05, 0) is 13.0 Å². The lowest BCUT2D eigenvalue weighted by atomic mass is 9.94. The van der Waals surface area contributed by atoms with Gasteiger partial charge in [0.25, 0.3) is 11.8 Å². The molecular formula is C21H27N11O9S2. The first-order valence-electron chi connectivity index (χ1n) is 12.8. The standard InChI is InChI=1S/C21H27N11O9S2/c22-4-1-5-24-19(37)25-7-10-8-26-32(29-10)12-6-21(12)14(16(34)31(21)43(38,39)40)28-15(33)13(11-9-42-18(23)27-11)30-41-20(2-3-20)17(35)36/h8-9,12,14H,1-7,22H2,(H2,23,27)(H,28,33)(H,35,36)(H2,24,25,37)(H,38,39,40)/b30-13-/t12-,14-,21?/m1/s1. The van der Waals surface area contributed by atoms with Gasteiger partial charge < -0.3 is 37.4 Å². The van der Waals surface area contributed by atoms with Crippen LogP contribution in [0.15, 0.2) is 16.7 Å². The van der Waals surface area contributed by atoms with E-state index < -0.39 is 63.1 Å². The number of nitrogens with zero attached hydrogens (tertiary/aromatic N) is 6. The summed E-state index contributed by atoms with van der Waals surface area (Å²) in [7, 11) is -5.05. The number of carboxylic acid groups (broad SMARTS) is 1. The molecule has 2 aromatic heterocycles. The summed E-state index contributed by atoms with van der Waals surface area (Å²) in [6.07, 6.45) is 2.16. The molecular weight excluding hydrogens is 614 g/mol. The van der Waals surface area contributed by atoms with Crippen LogP contribution in [-0.2, 0) is 36.1 Å². The van der Waals surface area contributed by atoms with Gasteiger partial charge in [0.05, 0.1) is 12.7 Å². The van der Waals surface area contributed by atoms with Crippen molar-refractivity contribution < 1.29 is 42.1 Å². The average molecular weight is 642 g/mol. The summed E-state index contributed by atoms with van der Waals surface area (Å²) >= 11 is 0.962. The maximum Gasteiger partial charge on any atom is 0.362 e. The van der Waals surface area contributed by atoms with Crippen LogP contribution in [0.25, 0.3) is 0 Å². The van der Waals surface area contributed by atoms with E-state index in [0.29, 0.717) is 25.2 Å². The lowest BCUT2D eigenvalue weighted by molar-refractivity contribution is -0.153. The average Bonchev–Trinajstić information content (AvgIpc) is 3.79. The first-order valence-corrected chi connectivity index (χ1v) is 15.1. The third kappa shape index (κ3) is 5.68. The zero-order chi connectivity index (χ0) is 31.2. The fraction of sp³-hybridized carbons (Fsp3) is 0.524. The molecule has 4 amide bonds. The number of carbonyl (C=O) groups is 4. The number of aliphatic carboxylic acids is 1. The van der Waals surface area contributed by atoms with Gasteiger partial charge in [-0.3, -0.25) is 14.1 Å². The van der Waals surface area contributed by atoms with Crippen molar-refractivity contribution in [3.8, 4) is 0 Å². The van der Waals surface area contributed by atoms with E-state index in [-0.39, 0.29) is 40.9 Å². The van der Waals surface area contributed by atoms with Gasteiger partial charge in [0.15, 0.2) is 10.8 Å². The zero-order valence-corrected chi connectivity index (χ0v) is 23.8. The molecule has 1 spiro atoms. The number of urea groups is 1. The quantitative estimate of drug-likeness (QED) is 0.0385. The Labute approximate surface area is 246 Å². The largest absolute Gasteiger partial charge is 0.478 e. The Kier molecular flexibility index (Phi) is 7.70. The summed E-state index contributed by atoms with van der Waals surface area (Å²) in [4.78, 5) is 59.9. The third-order valence-electron chi connectivity index (χ3n) is 7.08. The van der Waals surface area contributed by atoms with Gasteiger partial charge in [-0.15, -0.1) is 11.3 Å². The summed E-state index contributed by atoms with van der Waals surface area (Å²) in [6, 6.07) is -2.84. The van der Waals surface area contributed by atoms with E-state index in [4.69, 9.17) is 16.3 Å². The minimum atomic E-state index is -5.05. The van der Waals surface area contributed by atoms with Crippen molar-refractivity contribution in [2.75, 3.05) is 18.8 Å². The fourth-order valence-corrected chi connectivity index (χ4v) is 6.24. The molecule has 1 aliphatic heterocycles. The van der Waals surface area contributed by atoms with Crippen molar-refractivity contribution in [1.82, 2.24) is 40.2 Å². The number of nitrogens with two attached hydrogens (primary N) is 2. The van der Waals surface area contributed by atoms with Crippen LogP contribution in [0.2, 0.25) is 0 Å². The van der Waals surface area contributed by atoms with Crippen molar-refractivity contribution >= 4 is 56.3 Å². The molecule has 20 nitrogen and oxygen atoms in total. The van der Waals surface area contributed by atoms with Crippen LogP contribution in [0.5, 0.6) is 0 Å². The molecule has 2 aromatic rings. The molecule has 3 heterocycles. The summed E-state index contributed by atoms with van der Waals surface area (Å²) in [6.45, 7) is 0.764. The molecule has 1 unspecified atom stereocenters. The molecule has 0 aromatic carbocycles. The number of anilines is 1. The molecule has 5 rings (SSSR count). The Balaban J connectivity index is 1.33. The second kappa shape index (κ2) is 11.0. The number of rotatable bonds is 13. The number of hydrogen-bond acceptors (Lipinski definition) is 14. The van der Waals surface area contributed by atoms with Crippen molar-refractivity contribution in [2.24, 2.45) is 10.9 Å². The van der Waals surface area contributed by atoms with E-state index >= 15 is 0 Å². The van der Waals surface area contributed by atoms with E-state index in [1.807, 2.05) is 0 Å². The first-order chi connectivity index (χ1) is 20.3. The Morgan fingerprint density at radius 3 is 2.63 bits per heavy atom. The van der Waals surface area contributed by atoms with E-state index in [2.05, 4.69) is 36.3 Å². The number of β-lactam (4-membered cyclic amide) rings is 1. The van der Waals surface area contributed by atoms with Crippen LogP contribution in [-0.4, -0.2) is 102 Å². The lowest BCUT2D eigenvalue weighted by Gasteiger charge is -2.45. The second-order valence-corrected chi connectivity index (χ2v) is 12.2. The highest BCUT2D eigenvalue weighted by molar-refractivity contribution is 7.84. The Morgan fingerprint density at radius 1 is 1.28 bits per heavy atom. The molecule has 0 radical (unpaired) electrons. The lowest BCUT2D eigenvalue weighted by Crippen LogP contribution is -2.75. The summed E-state index contributed by atoms with van der Waals surface area (Å²) in [5, 5.41) is 30.4. The molecule has 2 aliphatic carbocycles. The molecule has 3 fully saturated rings. The molecule has 2 saturated carbocycles. The maximum absolute atomic E-state index is 13.4. The molecule has 3 aliphatic rings. The predicted molar refractivity (Wildman–Crippen MR) is 144 cm³/mol. The van der Waals surface area contributed by atoms with Gasteiger partial charge in [-0.1, -0.05) is 5.16 Å². The smallest absolute Gasteiger partial charge is 0.362 e. The van der Waals surface area contributed by atoms with Crippen LogP contribution >= 0.6 is 11.3 Å². The Hall–Kier alpha value is -4.41. The third-order valence-corrected chi connectivity index (χ3v) is 8.74. The molecule has 43 heavy (non-hydrogen) atoms. The number of aromatic nitrogens is 4. The summed E-state index contributed by atoms with van der Waals surface area (Å²) in [5.74, 6) is -3.45. The number of carbonyl (C=O) groups excluding carboxylic acids is 3. The molecule has 3 atom stereocenters. The summed E-state index contributed by atoms with van der Waals surface area (Å²) < 4.78 is 34.3. The van der Waals surface area contributed by atoms with E-state index in [9.17, 15) is 37.3 Å². The number of amides is 4. The van der Waals surface area contributed by atoms with Crippen molar-refractivity contribution in [1.29, 1.82) is 0 Å². The molecule has 0 bridgehead atoms. The van der Waals surface area contributed by atoms with E-state index in [1.54, 1.807) is 0 Å². The number of thiazole rings is 1. The number of nitrogen functional groups attached to an aromatic ring is 1. The van der Waals surface area contributed by atoms with Crippen LogP contribution < -0.4 is 27.4 Å². The minimum Gasteiger partial charge on any atom is -0.478 e. The highest BCUT2D eigenvalue weighted by atomic mass is 32.2. The van der Waals surface area contributed by atoms with Crippen molar-refractivity contribution in [3.05, 3.63) is 23.0 Å². The topological polar surface area (TPSA) is 299 Å². The Bertz CT molecular complexity index is 1600. The predicted octanol–water partition coefficient (Wildman–Crippen LogP) is -2.68. The van der Waals surface area contributed by atoms with Crippen LogP contribution in [0.1, 0.15) is 43.1 Å². The Morgan fingerprint density at radius 2 is 2.02 bits per heavy atom. The number of carboxylic acids is 1. The van der Waals surface area contributed by atoms with Gasteiger partial charge in [-0.25, -0.2) is 18.9 Å². The summed E-state index contributed by atoms with van der Waals surface area (Å²) in [5.41, 5.74) is 7.54. The van der Waals surface area contributed by atoms with Crippen LogP contribution in [0, 0.1) is 0 Å².